The minimum Gasteiger partial charge on any atom is -0.313 e. The summed E-state index contributed by atoms with van der Waals surface area (Å²) >= 11 is 0. The molecule has 80 valence electrons. The summed E-state index contributed by atoms with van der Waals surface area (Å²) in [5.41, 5.74) is -1.12. The zero-order chi connectivity index (χ0) is 11.6. The van der Waals surface area contributed by atoms with Crippen molar-refractivity contribution in [2.75, 3.05) is 14.1 Å². The summed E-state index contributed by atoms with van der Waals surface area (Å²) in [6.07, 6.45) is 6.26. The minimum atomic E-state index is -0.598. The van der Waals surface area contributed by atoms with Gasteiger partial charge in [-0.1, -0.05) is 5.92 Å². The maximum atomic E-state index is 11.6. The summed E-state index contributed by atoms with van der Waals surface area (Å²) in [6, 6.07) is 0. The molecule has 0 radical (unpaired) electrons. The molecular formula is C9H12N3O3+. The zero-order valence-electron chi connectivity index (χ0n) is 8.52. The van der Waals surface area contributed by atoms with Crippen molar-refractivity contribution < 1.29 is 9.85 Å². The number of H-pyrrole nitrogens is 1. The molecule has 1 heterocycles. The lowest BCUT2D eigenvalue weighted by atomic mass is 10.3. The number of aromatic nitrogens is 2. The highest BCUT2D eigenvalue weighted by molar-refractivity contribution is 5.25. The Balaban J connectivity index is 3.37. The van der Waals surface area contributed by atoms with Crippen LogP contribution in [0.2, 0.25) is 0 Å². The van der Waals surface area contributed by atoms with Crippen molar-refractivity contribution in [2.24, 2.45) is 0 Å². The van der Waals surface area contributed by atoms with Crippen LogP contribution in [0.3, 0.4) is 0 Å². The van der Waals surface area contributed by atoms with Gasteiger partial charge in [0.1, 0.15) is 5.56 Å². The third-order valence-electron chi connectivity index (χ3n) is 1.70. The zero-order valence-corrected chi connectivity index (χ0v) is 8.52. The lowest BCUT2D eigenvalue weighted by molar-refractivity contribution is -1.09. The molecule has 0 aliphatic carbocycles. The standard InChI is InChI=1S/C9H11N3O3/c1-4-7-5-10-9(14)11(8(7)13)6-12(2,3)15/h1,5,15H,6H2,2-3H3/p+1. The van der Waals surface area contributed by atoms with E-state index in [9.17, 15) is 14.8 Å². The number of nitrogens with one attached hydrogen (secondary N) is 1. The van der Waals surface area contributed by atoms with Gasteiger partial charge in [-0.25, -0.2) is 14.6 Å². The fourth-order valence-electron chi connectivity index (χ4n) is 1.09. The first kappa shape index (κ1) is 11.2. The van der Waals surface area contributed by atoms with E-state index in [0.717, 1.165) is 4.57 Å². The van der Waals surface area contributed by atoms with Crippen molar-refractivity contribution >= 4 is 0 Å². The molecule has 0 atom stereocenters. The molecule has 2 N–H and O–H groups in total. The van der Waals surface area contributed by atoms with Crippen LogP contribution in [-0.4, -0.2) is 33.5 Å². The monoisotopic (exact) mass is 210 g/mol. The molecule has 0 bridgehead atoms. The Bertz CT molecular complexity index is 513. The normalized spacial score (nSPS) is 11.1. The summed E-state index contributed by atoms with van der Waals surface area (Å²) in [5, 5.41) is 9.46. The van der Waals surface area contributed by atoms with E-state index in [1.54, 1.807) is 0 Å². The van der Waals surface area contributed by atoms with Gasteiger partial charge >= 0.3 is 5.69 Å². The average molecular weight is 210 g/mol. The number of aromatic amines is 1. The number of hydrogen-bond donors (Lipinski definition) is 2. The molecule has 6 nitrogen and oxygen atoms in total. The Kier molecular flexibility index (Phi) is 2.79. The Hall–Kier alpha value is -1.84. The van der Waals surface area contributed by atoms with Crippen LogP contribution >= 0.6 is 0 Å². The van der Waals surface area contributed by atoms with Gasteiger partial charge in [0.25, 0.3) is 5.56 Å². The maximum Gasteiger partial charge on any atom is 0.332 e. The topological polar surface area (TPSA) is 75.1 Å². The van der Waals surface area contributed by atoms with E-state index in [-0.39, 0.29) is 12.2 Å². The molecule has 6 heteroatoms. The van der Waals surface area contributed by atoms with E-state index in [2.05, 4.69) is 10.9 Å². The summed E-state index contributed by atoms with van der Waals surface area (Å²) in [7, 11) is 2.88. The Morgan fingerprint density at radius 3 is 2.67 bits per heavy atom. The molecule has 0 aliphatic rings. The number of quaternary nitrogens is 1. The molecule has 15 heavy (non-hydrogen) atoms. The number of nitrogens with zero attached hydrogens (tertiary/aromatic N) is 2. The van der Waals surface area contributed by atoms with E-state index in [0.29, 0.717) is 0 Å². The molecule has 0 amide bonds. The van der Waals surface area contributed by atoms with Gasteiger partial charge in [-0.15, -0.1) is 6.42 Å². The van der Waals surface area contributed by atoms with Crippen molar-refractivity contribution in [1.82, 2.24) is 9.55 Å². The van der Waals surface area contributed by atoms with Crippen molar-refractivity contribution in [3.63, 3.8) is 0 Å². The van der Waals surface area contributed by atoms with Gasteiger partial charge in [-0.3, -0.25) is 4.79 Å². The Labute approximate surface area is 85.9 Å². The summed E-state index contributed by atoms with van der Waals surface area (Å²) in [5.74, 6) is 2.16. The van der Waals surface area contributed by atoms with Crippen LogP contribution < -0.4 is 11.2 Å². The molecule has 1 aromatic rings. The van der Waals surface area contributed by atoms with Crippen molar-refractivity contribution in [1.29, 1.82) is 0 Å². The van der Waals surface area contributed by atoms with Crippen LogP contribution in [-0.2, 0) is 6.67 Å². The first-order chi connectivity index (χ1) is 6.85. The lowest BCUT2D eigenvalue weighted by Crippen LogP contribution is -2.46. The summed E-state index contributed by atoms with van der Waals surface area (Å²) in [4.78, 5) is 25.2. The van der Waals surface area contributed by atoms with Crippen LogP contribution in [0.25, 0.3) is 0 Å². The third kappa shape index (κ3) is 2.56. The maximum absolute atomic E-state index is 11.6. The molecular weight excluding hydrogens is 198 g/mol. The second-order valence-electron chi connectivity index (χ2n) is 3.65. The average Bonchev–Trinajstić information content (AvgIpc) is 2.11. The van der Waals surface area contributed by atoms with Crippen LogP contribution in [0.4, 0.5) is 0 Å². The van der Waals surface area contributed by atoms with Crippen molar-refractivity contribution in [3.05, 3.63) is 32.6 Å². The second-order valence-corrected chi connectivity index (χ2v) is 3.65. The second kappa shape index (κ2) is 3.73. The Morgan fingerprint density at radius 2 is 2.20 bits per heavy atom. The predicted octanol–water partition coefficient (Wildman–Crippen LogP) is -1.06. The van der Waals surface area contributed by atoms with Crippen LogP contribution in [0.1, 0.15) is 5.56 Å². The molecule has 0 saturated heterocycles. The van der Waals surface area contributed by atoms with E-state index >= 15 is 0 Å². The highest BCUT2D eigenvalue weighted by Crippen LogP contribution is 1.91. The fraction of sp³-hybridized carbons (Fsp3) is 0.333. The van der Waals surface area contributed by atoms with E-state index < -0.39 is 15.9 Å². The highest BCUT2D eigenvalue weighted by atomic mass is 16.5. The SMILES string of the molecule is C#Cc1c[nH]c(=O)n(C[N+](C)(C)O)c1=O. The number of hydroxylamine groups is 3. The molecule has 0 unspecified atom stereocenters. The smallest absolute Gasteiger partial charge is 0.313 e. The minimum absolute atomic E-state index is 0.0584. The molecule has 1 rings (SSSR count). The van der Waals surface area contributed by atoms with Crippen LogP contribution in [0.5, 0.6) is 0 Å². The summed E-state index contributed by atoms with van der Waals surface area (Å²) in [6.45, 7) is -0.163. The number of terminal acetylenes is 1. The molecule has 0 aliphatic heterocycles. The van der Waals surface area contributed by atoms with E-state index in [1.165, 1.54) is 20.3 Å². The highest BCUT2D eigenvalue weighted by Gasteiger charge is 2.16. The third-order valence-corrected chi connectivity index (χ3v) is 1.70. The van der Waals surface area contributed by atoms with Gasteiger partial charge < -0.3 is 4.98 Å². The predicted molar refractivity (Wildman–Crippen MR) is 53.2 cm³/mol. The van der Waals surface area contributed by atoms with Crippen LogP contribution in [0, 0.1) is 12.3 Å². The Morgan fingerprint density at radius 1 is 1.60 bits per heavy atom. The number of hydrogen-bond acceptors (Lipinski definition) is 3. The van der Waals surface area contributed by atoms with Crippen molar-refractivity contribution in [3.8, 4) is 12.3 Å². The van der Waals surface area contributed by atoms with Gasteiger partial charge in [0, 0.05) is 6.20 Å². The van der Waals surface area contributed by atoms with Gasteiger partial charge in [0.05, 0.1) is 14.1 Å². The van der Waals surface area contributed by atoms with Crippen LogP contribution in [0.15, 0.2) is 15.8 Å². The number of rotatable bonds is 2. The first-order valence-corrected chi connectivity index (χ1v) is 4.20. The summed E-state index contributed by atoms with van der Waals surface area (Å²) < 4.78 is 0.326. The van der Waals surface area contributed by atoms with Gasteiger partial charge in [0.15, 0.2) is 6.67 Å². The molecule has 0 saturated carbocycles. The van der Waals surface area contributed by atoms with E-state index in [1.807, 2.05) is 0 Å². The fourth-order valence-corrected chi connectivity index (χ4v) is 1.09. The molecule has 1 aromatic heterocycles. The largest absolute Gasteiger partial charge is 0.332 e. The van der Waals surface area contributed by atoms with Gasteiger partial charge in [-0.2, -0.15) is 4.65 Å². The molecule has 0 fully saturated rings. The van der Waals surface area contributed by atoms with Gasteiger partial charge in [-0.05, 0) is 0 Å². The first-order valence-electron chi connectivity index (χ1n) is 4.20. The van der Waals surface area contributed by atoms with Gasteiger partial charge in [0.2, 0.25) is 0 Å². The molecule has 0 aromatic carbocycles. The lowest BCUT2D eigenvalue weighted by Gasteiger charge is -2.19. The van der Waals surface area contributed by atoms with Crippen molar-refractivity contribution in [2.45, 2.75) is 6.67 Å². The quantitative estimate of drug-likeness (QED) is 0.371. The van der Waals surface area contributed by atoms with E-state index in [4.69, 9.17) is 6.42 Å². The molecule has 0 spiro atoms.